The largest absolute Gasteiger partial charge is 0.456 e. The van der Waals surface area contributed by atoms with Gasteiger partial charge in [0, 0.05) is 34.2 Å². The molecule has 4 N–H and O–H groups in total. The third-order valence-corrected chi connectivity index (χ3v) is 9.60. The Morgan fingerprint density at radius 3 is 2.54 bits per heavy atom. The van der Waals surface area contributed by atoms with Crippen LogP contribution in [0.5, 0.6) is 0 Å². The normalized spacial score (nSPS) is 52.8. The van der Waals surface area contributed by atoms with E-state index in [1.807, 2.05) is 0 Å². The Hall–Kier alpha value is -2.11. The number of carbonyl (C=O) groups is 3. The van der Waals surface area contributed by atoms with Gasteiger partial charge in [-0.15, -0.1) is 0 Å². The van der Waals surface area contributed by atoms with Gasteiger partial charge < -0.3 is 34.6 Å². The van der Waals surface area contributed by atoms with Crippen LogP contribution in [-0.2, 0) is 28.6 Å². The number of aliphatic hydroxyl groups is 4. The monoisotopic (exact) mass is 492 g/mol. The van der Waals surface area contributed by atoms with Crippen LogP contribution in [0.25, 0.3) is 0 Å². The number of rotatable bonds is 2. The third kappa shape index (κ3) is 2.69. The van der Waals surface area contributed by atoms with E-state index >= 15 is 0 Å². The molecule has 0 aromatic rings. The van der Waals surface area contributed by atoms with Gasteiger partial charge in [-0.1, -0.05) is 25.5 Å². The molecule has 4 fully saturated rings. The number of hydrogen-bond acceptors (Lipinski definition) is 10. The first-order chi connectivity index (χ1) is 16.3. The van der Waals surface area contributed by atoms with Crippen molar-refractivity contribution >= 4 is 17.7 Å². The van der Waals surface area contributed by atoms with Crippen LogP contribution >= 0.6 is 0 Å². The summed E-state index contributed by atoms with van der Waals surface area (Å²) in [5, 5.41) is 45.3. The van der Waals surface area contributed by atoms with Crippen molar-refractivity contribution in [2.24, 2.45) is 34.5 Å². The molecule has 0 radical (unpaired) electrons. The number of ketones is 1. The van der Waals surface area contributed by atoms with Crippen molar-refractivity contribution in [2.75, 3.05) is 6.61 Å². The fraction of sp³-hybridized carbons (Fsp3) is 0.720. The first-order valence-corrected chi connectivity index (χ1v) is 11.9. The van der Waals surface area contributed by atoms with E-state index in [1.54, 1.807) is 40.7 Å². The van der Waals surface area contributed by atoms with Crippen molar-refractivity contribution < 1.29 is 49.0 Å². The van der Waals surface area contributed by atoms with Crippen LogP contribution in [0.15, 0.2) is 23.3 Å². The smallest absolute Gasteiger partial charge is 0.335 e. The molecule has 0 amide bonds. The zero-order chi connectivity index (χ0) is 25.8. The molecule has 2 saturated heterocycles. The molecular formula is C25H32O10. The van der Waals surface area contributed by atoms with Gasteiger partial charge in [-0.05, 0) is 32.8 Å². The maximum Gasteiger partial charge on any atom is 0.335 e. The molecule has 3 aliphatic carbocycles. The topological polar surface area (TPSA) is 160 Å². The Kier molecular flexibility index (Phi) is 5.23. The summed E-state index contributed by atoms with van der Waals surface area (Å²) in [5.41, 5.74) is -2.05. The highest BCUT2D eigenvalue weighted by atomic mass is 16.7. The lowest BCUT2D eigenvalue weighted by Gasteiger charge is -2.69. The van der Waals surface area contributed by atoms with Crippen LogP contribution in [0.3, 0.4) is 0 Å². The molecule has 10 heteroatoms. The van der Waals surface area contributed by atoms with E-state index in [2.05, 4.69) is 0 Å². The van der Waals surface area contributed by atoms with Gasteiger partial charge in [0.15, 0.2) is 17.7 Å². The quantitative estimate of drug-likeness (QED) is 0.296. The van der Waals surface area contributed by atoms with Gasteiger partial charge in [0.25, 0.3) is 0 Å². The molecule has 192 valence electrons. The van der Waals surface area contributed by atoms with Crippen LogP contribution in [0.1, 0.15) is 34.6 Å². The maximum absolute atomic E-state index is 13.0. The van der Waals surface area contributed by atoms with E-state index in [9.17, 15) is 34.8 Å². The summed E-state index contributed by atoms with van der Waals surface area (Å²) in [5.74, 6) is -8.13. The zero-order valence-corrected chi connectivity index (χ0v) is 20.3. The summed E-state index contributed by atoms with van der Waals surface area (Å²) in [4.78, 5) is 38.8. The summed E-state index contributed by atoms with van der Waals surface area (Å²) < 4.78 is 17.6. The second kappa shape index (κ2) is 7.45. The number of ether oxygens (including phenoxy) is 3. The van der Waals surface area contributed by atoms with Gasteiger partial charge in [-0.3, -0.25) is 4.79 Å². The van der Waals surface area contributed by atoms with Crippen LogP contribution in [0.2, 0.25) is 0 Å². The third-order valence-electron chi connectivity index (χ3n) is 9.60. The van der Waals surface area contributed by atoms with E-state index in [1.165, 1.54) is 6.08 Å². The Morgan fingerprint density at radius 2 is 1.91 bits per heavy atom. The average molecular weight is 493 g/mol. The van der Waals surface area contributed by atoms with Gasteiger partial charge in [-0.25, -0.2) is 9.59 Å². The first-order valence-electron chi connectivity index (χ1n) is 11.9. The van der Waals surface area contributed by atoms with Gasteiger partial charge >= 0.3 is 11.9 Å². The van der Waals surface area contributed by atoms with Crippen LogP contribution < -0.4 is 0 Å². The summed E-state index contributed by atoms with van der Waals surface area (Å²) in [6, 6.07) is 0. The van der Waals surface area contributed by atoms with Crippen LogP contribution in [0.4, 0.5) is 0 Å². The van der Waals surface area contributed by atoms with E-state index in [-0.39, 0.29) is 6.61 Å². The molecular weight excluding hydrogens is 460 g/mol. The molecule has 2 bridgehead atoms. The minimum absolute atomic E-state index is 0.238. The number of carbonyl (C=O) groups excluding carboxylic acids is 3. The van der Waals surface area contributed by atoms with Gasteiger partial charge in [0.2, 0.25) is 0 Å². The maximum atomic E-state index is 13.0. The standard InChI is InChI=1S/C25H32O10/c1-6-9(2)20(30)34-16-13-10(3)7-12(26)18(29)23(13,5)22-24-8-33-25(22,32)17(28)11(4)14(24)15(27)21(31)35-19(16)24/h6-7,11,13-19,22,27-29,32H,8H2,1-5H3/b9-6+/t11-,13-,14-,15?,16-,17-,18-,19-,22-,23-,24-,25-/m1/s1. The van der Waals surface area contributed by atoms with Crippen molar-refractivity contribution in [3.8, 4) is 0 Å². The van der Waals surface area contributed by atoms with E-state index in [0.717, 1.165) is 0 Å². The highest BCUT2D eigenvalue weighted by Crippen LogP contribution is 2.73. The van der Waals surface area contributed by atoms with Crippen molar-refractivity contribution in [3.63, 3.8) is 0 Å². The average Bonchev–Trinajstić information content (AvgIpc) is 3.09. The van der Waals surface area contributed by atoms with Gasteiger partial charge in [0.1, 0.15) is 24.4 Å². The lowest BCUT2D eigenvalue weighted by atomic mass is 9.37. The SMILES string of the molecule is C/C=C(\C)C(=O)O[C@@H]1[C@H]2C(C)=CC(=O)[C@@H](O)[C@]2(C)[C@H]2[C@]3(O)OC[C@@]24[C@@H]1OC(=O)C(O)[C@H]4[C@@H](C)[C@H]3O. The molecule has 5 rings (SSSR count). The fourth-order valence-corrected chi connectivity index (χ4v) is 8.22. The minimum atomic E-state index is -2.20. The van der Waals surface area contributed by atoms with E-state index in [0.29, 0.717) is 11.1 Å². The summed E-state index contributed by atoms with van der Waals surface area (Å²) in [7, 11) is 0. The Bertz CT molecular complexity index is 1060. The Morgan fingerprint density at radius 1 is 1.26 bits per heavy atom. The zero-order valence-electron chi connectivity index (χ0n) is 20.3. The Balaban J connectivity index is 1.81. The van der Waals surface area contributed by atoms with Gasteiger partial charge in [-0.2, -0.15) is 0 Å². The molecule has 1 spiro atoms. The molecule has 2 saturated carbocycles. The summed E-state index contributed by atoms with van der Waals surface area (Å²) >= 11 is 0. The molecule has 12 atom stereocenters. The van der Waals surface area contributed by atoms with E-state index < -0.39 is 88.5 Å². The predicted octanol–water partition coefficient (Wildman–Crippen LogP) is -0.375. The highest BCUT2D eigenvalue weighted by molar-refractivity contribution is 5.96. The van der Waals surface area contributed by atoms with Crippen molar-refractivity contribution in [1.29, 1.82) is 0 Å². The number of hydrogen-bond donors (Lipinski definition) is 4. The second-order valence-corrected chi connectivity index (χ2v) is 11.1. The molecule has 1 unspecified atom stereocenters. The van der Waals surface area contributed by atoms with Crippen molar-refractivity contribution in [3.05, 3.63) is 23.3 Å². The Labute approximate surface area is 202 Å². The number of esters is 2. The molecule has 5 aliphatic rings. The molecule has 0 aromatic heterocycles. The number of allylic oxidation sites excluding steroid dienone is 1. The lowest BCUT2D eigenvalue weighted by molar-refractivity contribution is -0.352. The van der Waals surface area contributed by atoms with Crippen LogP contribution in [0, 0.1) is 34.5 Å². The van der Waals surface area contributed by atoms with Crippen molar-refractivity contribution in [2.45, 2.75) is 70.9 Å². The molecule has 35 heavy (non-hydrogen) atoms. The number of aliphatic hydroxyl groups excluding tert-OH is 3. The predicted molar refractivity (Wildman–Crippen MR) is 117 cm³/mol. The molecule has 2 aliphatic heterocycles. The lowest BCUT2D eigenvalue weighted by Crippen LogP contribution is -2.81. The molecule has 10 nitrogen and oxygen atoms in total. The highest BCUT2D eigenvalue weighted by Gasteiger charge is 2.85. The first kappa shape index (κ1) is 24.6. The van der Waals surface area contributed by atoms with E-state index in [4.69, 9.17) is 14.2 Å². The molecule has 0 aromatic carbocycles. The van der Waals surface area contributed by atoms with Crippen molar-refractivity contribution in [1.82, 2.24) is 0 Å². The second-order valence-electron chi connectivity index (χ2n) is 11.1. The summed E-state index contributed by atoms with van der Waals surface area (Å²) in [6.07, 6.45) is -4.27. The fourth-order valence-electron chi connectivity index (χ4n) is 8.22. The van der Waals surface area contributed by atoms with Crippen LogP contribution in [-0.4, -0.2) is 81.1 Å². The minimum Gasteiger partial charge on any atom is -0.456 e. The summed E-state index contributed by atoms with van der Waals surface area (Å²) in [6.45, 7) is 7.86. The number of fused-ring (bicyclic) bond motifs is 1. The van der Waals surface area contributed by atoms with Gasteiger partial charge in [0.05, 0.1) is 6.61 Å². The molecule has 2 heterocycles.